The number of imidazole rings is 1. The van der Waals surface area contributed by atoms with Crippen LogP contribution in [0.25, 0.3) is 0 Å². The van der Waals surface area contributed by atoms with Gasteiger partial charge in [-0.1, -0.05) is 0 Å². The summed E-state index contributed by atoms with van der Waals surface area (Å²) in [5.74, 6) is 0.438. The summed E-state index contributed by atoms with van der Waals surface area (Å²) in [6.45, 7) is 0.0693. The summed E-state index contributed by atoms with van der Waals surface area (Å²) in [7, 11) is 1.80. The van der Waals surface area contributed by atoms with Crippen molar-refractivity contribution in [1.29, 1.82) is 5.26 Å². The van der Waals surface area contributed by atoms with Gasteiger partial charge in [-0.25, -0.2) is 4.98 Å². The molecule has 2 rings (SSSR count). The maximum atomic E-state index is 12.9. The summed E-state index contributed by atoms with van der Waals surface area (Å²) >= 11 is 0. The minimum atomic E-state index is -4.56. The highest BCUT2D eigenvalue weighted by Crippen LogP contribution is 2.36. The van der Waals surface area contributed by atoms with Gasteiger partial charge in [-0.3, -0.25) is 0 Å². The third-order valence-electron chi connectivity index (χ3n) is 2.92. The third kappa shape index (κ3) is 3.54. The zero-order valence-electron chi connectivity index (χ0n) is 11.2. The van der Waals surface area contributed by atoms with Gasteiger partial charge in [-0.15, -0.1) is 0 Å². The number of rotatable bonds is 4. The molecule has 21 heavy (non-hydrogen) atoms. The predicted octanol–water partition coefficient (Wildman–Crippen LogP) is 2.93. The van der Waals surface area contributed by atoms with Gasteiger partial charge in [-0.2, -0.15) is 18.4 Å². The second kappa shape index (κ2) is 5.87. The van der Waals surface area contributed by atoms with E-state index in [-0.39, 0.29) is 17.9 Å². The number of halogens is 3. The lowest BCUT2D eigenvalue weighted by Crippen LogP contribution is -2.12. The van der Waals surface area contributed by atoms with Crippen LogP contribution in [0.3, 0.4) is 0 Å². The Labute approximate surface area is 119 Å². The maximum Gasteiger partial charge on any atom is 0.420 e. The number of benzene rings is 1. The molecule has 0 bridgehead atoms. The van der Waals surface area contributed by atoms with E-state index in [1.54, 1.807) is 30.1 Å². The molecule has 0 saturated heterocycles. The van der Waals surface area contributed by atoms with Gasteiger partial charge in [0.25, 0.3) is 0 Å². The van der Waals surface area contributed by atoms with Crippen LogP contribution in [0.2, 0.25) is 0 Å². The van der Waals surface area contributed by atoms with Crippen LogP contribution < -0.4 is 4.74 Å². The highest BCUT2D eigenvalue weighted by Gasteiger charge is 2.34. The van der Waals surface area contributed by atoms with Crippen LogP contribution in [0.15, 0.2) is 30.6 Å². The summed E-state index contributed by atoms with van der Waals surface area (Å²) < 4.78 is 45.8. The number of alkyl halides is 3. The van der Waals surface area contributed by atoms with Gasteiger partial charge in [0.05, 0.1) is 23.8 Å². The van der Waals surface area contributed by atoms with Crippen molar-refractivity contribution in [3.05, 3.63) is 47.5 Å². The van der Waals surface area contributed by atoms with E-state index in [4.69, 9.17) is 10.00 Å². The van der Waals surface area contributed by atoms with Gasteiger partial charge in [0.2, 0.25) is 0 Å². The average Bonchev–Trinajstić information content (AvgIpc) is 2.83. The van der Waals surface area contributed by atoms with Gasteiger partial charge < -0.3 is 9.30 Å². The molecule has 1 aromatic carbocycles. The highest BCUT2D eigenvalue weighted by atomic mass is 19.4. The molecule has 0 spiro atoms. The number of aromatic nitrogens is 2. The molecule has 0 saturated carbocycles. The minimum absolute atomic E-state index is 0.0567. The van der Waals surface area contributed by atoms with Gasteiger partial charge >= 0.3 is 6.18 Å². The third-order valence-corrected chi connectivity index (χ3v) is 2.92. The lowest BCUT2D eigenvalue weighted by atomic mass is 10.1. The van der Waals surface area contributed by atoms with E-state index in [0.717, 1.165) is 11.9 Å². The lowest BCUT2D eigenvalue weighted by Gasteiger charge is -2.14. The van der Waals surface area contributed by atoms with E-state index in [1.165, 1.54) is 12.1 Å². The second-order valence-corrected chi connectivity index (χ2v) is 4.37. The van der Waals surface area contributed by atoms with Gasteiger partial charge in [-0.05, 0) is 18.2 Å². The van der Waals surface area contributed by atoms with Crippen LogP contribution in [0.5, 0.6) is 5.75 Å². The standard InChI is InChI=1S/C14H12F3N3O/c1-20-6-5-19-13(20)4-7-21-12-3-2-10(9-18)8-11(12)14(15,16)17/h2-3,5-6,8H,4,7H2,1H3. The second-order valence-electron chi connectivity index (χ2n) is 4.37. The van der Waals surface area contributed by atoms with Crippen molar-refractivity contribution in [2.45, 2.75) is 12.6 Å². The fourth-order valence-corrected chi connectivity index (χ4v) is 1.84. The molecule has 0 amide bonds. The van der Waals surface area contributed by atoms with Crippen LogP contribution in [0.1, 0.15) is 17.0 Å². The molecule has 0 atom stereocenters. The molecule has 1 heterocycles. The molecule has 1 aromatic heterocycles. The van der Waals surface area contributed by atoms with E-state index in [2.05, 4.69) is 4.98 Å². The fourth-order valence-electron chi connectivity index (χ4n) is 1.84. The first-order valence-electron chi connectivity index (χ1n) is 6.12. The molecule has 0 aliphatic heterocycles. The molecule has 0 fully saturated rings. The van der Waals surface area contributed by atoms with Gasteiger partial charge in [0, 0.05) is 25.9 Å². The number of nitrogens with zero attached hydrogens (tertiary/aromatic N) is 3. The minimum Gasteiger partial charge on any atom is -0.492 e. The quantitative estimate of drug-likeness (QED) is 0.871. The molecule has 0 radical (unpaired) electrons. The van der Waals surface area contributed by atoms with Crippen molar-refractivity contribution in [3.8, 4) is 11.8 Å². The Morgan fingerprint density at radius 2 is 2.14 bits per heavy atom. The first kappa shape index (κ1) is 14.9. The Morgan fingerprint density at radius 1 is 1.38 bits per heavy atom. The summed E-state index contributed by atoms with van der Waals surface area (Å²) in [5, 5.41) is 8.68. The van der Waals surface area contributed by atoms with Crippen LogP contribution in [-0.4, -0.2) is 16.2 Å². The summed E-state index contributed by atoms with van der Waals surface area (Å²) in [6.07, 6.45) is -0.817. The average molecular weight is 295 g/mol. The maximum absolute atomic E-state index is 12.9. The van der Waals surface area contributed by atoms with Crippen LogP contribution in [-0.2, 0) is 19.6 Å². The van der Waals surface area contributed by atoms with E-state index < -0.39 is 11.7 Å². The van der Waals surface area contributed by atoms with E-state index in [1.807, 2.05) is 0 Å². The normalized spacial score (nSPS) is 11.2. The smallest absolute Gasteiger partial charge is 0.420 e. The number of ether oxygens (including phenoxy) is 1. The van der Waals surface area contributed by atoms with Gasteiger partial charge in [0.1, 0.15) is 11.6 Å². The Kier molecular flexibility index (Phi) is 4.17. The van der Waals surface area contributed by atoms with Crippen molar-refractivity contribution in [3.63, 3.8) is 0 Å². The molecular formula is C14H12F3N3O. The summed E-state index contributed by atoms with van der Waals surface area (Å²) in [6, 6.07) is 4.93. The first-order valence-corrected chi connectivity index (χ1v) is 6.12. The number of hydrogen-bond acceptors (Lipinski definition) is 3. The Balaban J connectivity index is 2.13. The SMILES string of the molecule is Cn1ccnc1CCOc1ccc(C#N)cc1C(F)(F)F. The van der Waals surface area contributed by atoms with E-state index in [0.29, 0.717) is 6.42 Å². The zero-order chi connectivity index (χ0) is 15.5. The largest absolute Gasteiger partial charge is 0.492 e. The Bertz CT molecular complexity index is 671. The van der Waals surface area contributed by atoms with Crippen molar-refractivity contribution in [2.75, 3.05) is 6.61 Å². The molecule has 0 unspecified atom stereocenters. The van der Waals surface area contributed by atoms with Crippen LogP contribution >= 0.6 is 0 Å². The molecule has 7 heteroatoms. The summed E-state index contributed by atoms with van der Waals surface area (Å²) in [4.78, 5) is 4.06. The van der Waals surface area contributed by atoms with Crippen LogP contribution in [0.4, 0.5) is 13.2 Å². The van der Waals surface area contributed by atoms with Gasteiger partial charge in [0.15, 0.2) is 0 Å². The number of hydrogen-bond donors (Lipinski definition) is 0. The van der Waals surface area contributed by atoms with Crippen molar-refractivity contribution in [2.24, 2.45) is 7.05 Å². The zero-order valence-corrected chi connectivity index (χ0v) is 11.2. The first-order chi connectivity index (χ1) is 9.91. The highest BCUT2D eigenvalue weighted by molar-refractivity contribution is 5.43. The molecule has 0 aliphatic rings. The Hall–Kier alpha value is -2.49. The number of aryl methyl sites for hydroxylation is 1. The molecular weight excluding hydrogens is 283 g/mol. The lowest BCUT2D eigenvalue weighted by molar-refractivity contribution is -0.138. The van der Waals surface area contributed by atoms with Crippen LogP contribution in [0, 0.1) is 11.3 Å². The number of nitriles is 1. The van der Waals surface area contributed by atoms with E-state index >= 15 is 0 Å². The fraction of sp³-hybridized carbons (Fsp3) is 0.286. The summed E-state index contributed by atoms with van der Waals surface area (Å²) in [5.41, 5.74) is -1.000. The van der Waals surface area contributed by atoms with E-state index in [9.17, 15) is 13.2 Å². The monoisotopic (exact) mass is 295 g/mol. The molecule has 0 N–H and O–H groups in total. The topological polar surface area (TPSA) is 50.8 Å². The molecule has 110 valence electrons. The van der Waals surface area contributed by atoms with Crippen molar-refractivity contribution >= 4 is 0 Å². The molecule has 0 aliphatic carbocycles. The molecule has 4 nitrogen and oxygen atoms in total. The van der Waals surface area contributed by atoms with Crippen molar-refractivity contribution in [1.82, 2.24) is 9.55 Å². The van der Waals surface area contributed by atoms with Crippen molar-refractivity contribution < 1.29 is 17.9 Å². The Morgan fingerprint density at radius 3 is 2.71 bits per heavy atom. The predicted molar refractivity (Wildman–Crippen MR) is 68.6 cm³/mol. The molecule has 2 aromatic rings.